The molecule has 19 heavy (non-hydrogen) atoms. The summed E-state index contributed by atoms with van der Waals surface area (Å²) in [6.07, 6.45) is 3.19. The first kappa shape index (κ1) is 13.9. The van der Waals surface area contributed by atoms with E-state index in [1.54, 1.807) is 12.5 Å². The lowest BCUT2D eigenvalue weighted by Gasteiger charge is -2.19. The molecule has 2 aromatic rings. The summed E-state index contributed by atoms with van der Waals surface area (Å²) in [7, 11) is 1.86. The van der Waals surface area contributed by atoms with Crippen LogP contribution < -0.4 is 5.32 Å². The molecule has 0 aliphatic heterocycles. The van der Waals surface area contributed by atoms with Crippen LogP contribution in [0.15, 0.2) is 27.1 Å². The smallest absolute Gasteiger partial charge is 0.261 e. The van der Waals surface area contributed by atoms with Crippen molar-refractivity contribution >= 4 is 17.6 Å². The Kier molecular flexibility index (Phi) is 3.80. The van der Waals surface area contributed by atoms with E-state index in [0.29, 0.717) is 5.22 Å². The maximum absolute atomic E-state index is 5.26. The van der Waals surface area contributed by atoms with Crippen molar-refractivity contribution in [1.82, 2.24) is 15.0 Å². The zero-order chi connectivity index (χ0) is 14.0. The number of nitrogens with zero attached hydrogens (tertiary/aromatic N) is 3. The average Bonchev–Trinajstić information content (AvgIpc) is 2.83. The molecule has 0 saturated heterocycles. The van der Waals surface area contributed by atoms with Crippen molar-refractivity contribution < 1.29 is 4.42 Å². The maximum Gasteiger partial charge on any atom is 0.261 e. The summed E-state index contributed by atoms with van der Waals surface area (Å²) in [5, 5.41) is 4.57. The quantitative estimate of drug-likeness (QED) is 0.869. The summed E-state index contributed by atoms with van der Waals surface area (Å²) in [6.45, 7) is 8.27. The van der Waals surface area contributed by atoms with Crippen molar-refractivity contribution in [1.29, 1.82) is 0 Å². The minimum absolute atomic E-state index is 0.106. The van der Waals surface area contributed by atoms with E-state index in [9.17, 15) is 0 Å². The normalized spacial score (nSPS) is 11.6. The SMILES string of the molecule is CNc1nc(C(C)(C)C)nc(Sc2ncco2)c1C. The Morgan fingerprint density at radius 3 is 2.53 bits per heavy atom. The molecule has 0 atom stereocenters. The van der Waals surface area contributed by atoms with Gasteiger partial charge in [-0.25, -0.2) is 15.0 Å². The molecular formula is C13H18N4OS. The van der Waals surface area contributed by atoms with E-state index in [0.717, 1.165) is 22.2 Å². The standard InChI is InChI=1S/C13H18N4OS/c1-8-9(14-5)16-11(13(2,3)4)17-10(8)19-12-15-6-7-18-12/h6-7H,1-5H3,(H,14,16,17). The van der Waals surface area contributed by atoms with E-state index < -0.39 is 0 Å². The van der Waals surface area contributed by atoms with Crippen molar-refractivity contribution in [3.05, 3.63) is 23.8 Å². The van der Waals surface area contributed by atoms with Gasteiger partial charge in [0, 0.05) is 18.0 Å². The van der Waals surface area contributed by atoms with Gasteiger partial charge in [-0.2, -0.15) is 0 Å². The molecule has 0 spiro atoms. The Bertz CT molecular complexity index is 561. The second-order valence-electron chi connectivity index (χ2n) is 5.23. The second kappa shape index (κ2) is 5.21. The number of aromatic nitrogens is 3. The van der Waals surface area contributed by atoms with Crippen LogP contribution in [0.2, 0.25) is 0 Å². The molecule has 0 radical (unpaired) electrons. The Balaban J connectivity index is 2.46. The molecule has 2 heterocycles. The number of hydrogen-bond donors (Lipinski definition) is 1. The van der Waals surface area contributed by atoms with Crippen molar-refractivity contribution in [3.8, 4) is 0 Å². The summed E-state index contributed by atoms with van der Waals surface area (Å²) >= 11 is 1.41. The fraction of sp³-hybridized carbons (Fsp3) is 0.462. The topological polar surface area (TPSA) is 63.8 Å². The van der Waals surface area contributed by atoms with Crippen molar-refractivity contribution in [3.63, 3.8) is 0 Å². The lowest BCUT2D eigenvalue weighted by Crippen LogP contribution is -2.18. The molecule has 0 unspecified atom stereocenters. The number of anilines is 1. The highest BCUT2D eigenvalue weighted by molar-refractivity contribution is 7.99. The van der Waals surface area contributed by atoms with Crippen LogP contribution in [-0.2, 0) is 5.41 Å². The Morgan fingerprint density at radius 1 is 1.26 bits per heavy atom. The average molecular weight is 278 g/mol. The van der Waals surface area contributed by atoms with E-state index in [4.69, 9.17) is 4.42 Å². The molecule has 5 nitrogen and oxygen atoms in total. The van der Waals surface area contributed by atoms with E-state index in [1.807, 2.05) is 14.0 Å². The van der Waals surface area contributed by atoms with Gasteiger partial charge in [-0.05, 0) is 18.7 Å². The predicted octanol–water partition coefficient (Wildman–Crippen LogP) is 3.26. The van der Waals surface area contributed by atoms with Gasteiger partial charge in [-0.1, -0.05) is 20.8 Å². The highest BCUT2D eigenvalue weighted by atomic mass is 32.2. The first-order chi connectivity index (χ1) is 8.91. The Labute approximate surface area is 117 Å². The van der Waals surface area contributed by atoms with Gasteiger partial charge in [0.2, 0.25) is 0 Å². The van der Waals surface area contributed by atoms with Crippen LogP contribution >= 0.6 is 11.8 Å². The van der Waals surface area contributed by atoms with Gasteiger partial charge in [0.15, 0.2) is 0 Å². The number of oxazole rings is 1. The molecule has 0 aliphatic rings. The summed E-state index contributed by atoms with van der Waals surface area (Å²) in [5.74, 6) is 1.64. The van der Waals surface area contributed by atoms with Crippen LogP contribution in [0.1, 0.15) is 32.2 Å². The van der Waals surface area contributed by atoms with Crippen LogP contribution in [0, 0.1) is 6.92 Å². The lowest BCUT2D eigenvalue weighted by atomic mass is 9.95. The lowest BCUT2D eigenvalue weighted by molar-refractivity contribution is 0.453. The largest absolute Gasteiger partial charge is 0.440 e. The van der Waals surface area contributed by atoms with Gasteiger partial charge in [0.05, 0.1) is 6.20 Å². The molecule has 0 saturated carbocycles. The van der Waals surface area contributed by atoms with E-state index in [2.05, 4.69) is 41.0 Å². The van der Waals surface area contributed by atoms with Gasteiger partial charge < -0.3 is 9.73 Å². The van der Waals surface area contributed by atoms with Gasteiger partial charge in [-0.15, -0.1) is 0 Å². The van der Waals surface area contributed by atoms with Crippen molar-refractivity contribution in [2.24, 2.45) is 0 Å². The van der Waals surface area contributed by atoms with Crippen LogP contribution in [0.5, 0.6) is 0 Å². The zero-order valence-electron chi connectivity index (χ0n) is 11.8. The van der Waals surface area contributed by atoms with E-state index in [-0.39, 0.29) is 5.41 Å². The monoisotopic (exact) mass is 278 g/mol. The molecule has 0 amide bonds. The predicted molar refractivity (Wildman–Crippen MR) is 75.6 cm³/mol. The van der Waals surface area contributed by atoms with E-state index in [1.165, 1.54) is 11.8 Å². The molecule has 0 bridgehead atoms. The van der Waals surface area contributed by atoms with Crippen LogP contribution in [0.4, 0.5) is 5.82 Å². The van der Waals surface area contributed by atoms with Crippen molar-refractivity contribution in [2.45, 2.75) is 43.4 Å². The van der Waals surface area contributed by atoms with Crippen LogP contribution in [-0.4, -0.2) is 22.0 Å². The van der Waals surface area contributed by atoms with Gasteiger partial charge in [0.25, 0.3) is 5.22 Å². The fourth-order valence-electron chi connectivity index (χ4n) is 1.52. The Morgan fingerprint density at radius 2 is 2.00 bits per heavy atom. The van der Waals surface area contributed by atoms with E-state index >= 15 is 0 Å². The molecule has 0 fully saturated rings. The highest BCUT2D eigenvalue weighted by Gasteiger charge is 2.21. The third-order valence-corrected chi connectivity index (χ3v) is 3.57. The first-order valence-corrected chi connectivity index (χ1v) is 6.87. The Hall–Kier alpha value is -1.56. The molecule has 0 aliphatic carbocycles. The number of nitrogens with one attached hydrogen (secondary N) is 1. The first-order valence-electron chi connectivity index (χ1n) is 6.06. The molecule has 102 valence electrons. The minimum atomic E-state index is -0.106. The summed E-state index contributed by atoms with van der Waals surface area (Å²) < 4.78 is 5.26. The third-order valence-electron chi connectivity index (χ3n) is 2.60. The summed E-state index contributed by atoms with van der Waals surface area (Å²) in [6, 6.07) is 0. The molecule has 0 aromatic carbocycles. The summed E-state index contributed by atoms with van der Waals surface area (Å²) in [5.41, 5.74) is 0.893. The second-order valence-corrected chi connectivity index (χ2v) is 6.17. The minimum Gasteiger partial charge on any atom is -0.440 e. The maximum atomic E-state index is 5.26. The third kappa shape index (κ3) is 3.07. The summed E-state index contributed by atoms with van der Waals surface area (Å²) in [4.78, 5) is 13.3. The fourth-order valence-corrected chi connectivity index (χ4v) is 2.28. The van der Waals surface area contributed by atoms with Gasteiger partial charge >= 0.3 is 0 Å². The van der Waals surface area contributed by atoms with Crippen LogP contribution in [0.25, 0.3) is 0 Å². The molecule has 2 aromatic heterocycles. The zero-order valence-corrected chi connectivity index (χ0v) is 12.6. The highest BCUT2D eigenvalue weighted by Crippen LogP contribution is 2.32. The number of rotatable bonds is 3. The molecule has 6 heteroatoms. The van der Waals surface area contributed by atoms with Gasteiger partial charge in [-0.3, -0.25) is 0 Å². The van der Waals surface area contributed by atoms with Crippen molar-refractivity contribution in [2.75, 3.05) is 12.4 Å². The molecule has 1 N–H and O–H groups in total. The van der Waals surface area contributed by atoms with Gasteiger partial charge in [0.1, 0.15) is 22.9 Å². The molecular weight excluding hydrogens is 260 g/mol. The van der Waals surface area contributed by atoms with Crippen LogP contribution in [0.3, 0.4) is 0 Å². The molecule has 2 rings (SSSR count). The number of hydrogen-bond acceptors (Lipinski definition) is 6.